The monoisotopic (exact) mass is 212 g/mol. The first kappa shape index (κ1) is 6.70. The van der Waals surface area contributed by atoms with Gasteiger partial charge >= 0.3 is 0 Å². The van der Waals surface area contributed by atoms with Gasteiger partial charge in [-0.2, -0.15) is 0 Å². The second-order valence-electron chi connectivity index (χ2n) is 0.945. The number of halogens is 2. The van der Waals surface area contributed by atoms with Gasteiger partial charge in [0, 0.05) is 5.33 Å². The highest BCUT2D eigenvalue weighted by atomic mass is 79.9. The minimum absolute atomic E-state index is 0.935. The molecule has 0 aromatic carbocycles. The molecule has 0 saturated heterocycles. The van der Waals surface area contributed by atoms with Gasteiger partial charge in [0.05, 0.1) is 0 Å². The highest BCUT2D eigenvalue weighted by molar-refractivity contribution is 9.11. The maximum Gasteiger partial charge on any atom is 0.0222 e. The summed E-state index contributed by atoms with van der Waals surface area (Å²) in [7, 11) is 0. The summed E-state index contributed by atoms with van der Waals surface area (Å²) in [5.74, 6) is 0. The molecule has 0 saturated carbocycles. The maximum absolute atomic E-state index is 3.27. The molecule has 0 aliphatic carbocycles. The van der Waals surface area contributed by atoms with E-state index in [1.165, 1.54) is 4.48 Å². The quantitative estimate of drug-likeness (QED) is 0.588. The lowest BCUT2D eigenvalue weighted by molar-refractivity contribution is 1.64. The lowest BCUT2D eigenvalue weighted by atomic mass is 10.6. The van der Waals surface area contributed by atoms with Crippen LogP contribution in [0.15, 0.2) is 10.6 Å². The number of rotatable bonds is 1. The van der Waals surface area contributed by atoms with Crippen LogP contribution in [0.5, 0.6) is 0 Å². The van der Waals surface area contributed by atoms with Crippen molar-refractivity contribution >= 4 is 31.9 Å². The zero-order chi connectivity index (χ0) is 4.99. The molecule has 0 aliphatic rings. The fraction of sp³-hybridized carbons (Fsp3) is 0.500. The summed E-state index contributed by atoms with van der Waals surface area (Å²) in [6.45, 7) is 2.00. The van der Waals surface area contributed by atoms with Crippen LogP contribution < -0.4 is 0 Å². The number of alkyl halides is 1. The van der Waals surface area contributed by atoms with Crippen LogP contribution in [0.1, 0.15) is 6.92 Å². The van der Waals surface area contributed by atoms with Gasteiger partial charge in [0.1, 0.15) is 0 Å². The first-order chi connectivity index (χ1) is 2.77. The lowest BCUT2D eigenvalue weighted by Crippen LogP contribution is -1.57. The smallest absolute Gasteiger partial charge is 0.0222 e. The molecular formula is C4H6Br2. The summed E-state index contributed by atoms with van der Waals surface area (Å²) in [6.07, 6.45) is 2.04. The molecule has 0 bridgehead atoms. The second kappa shape index (κ2) is 3.88. The molecule has 0 atom stereocenters. The number of allylic oxidation sites excluding steroid dienone is 2. The Morgan fingerprint density at radius 2 is 2.33 bits per heavy atom. The van der Waals surface area contributed by atoms with E-state index >= 15 is 0 Å². The highest BCUT2D eigenvalue weighted by Crippen LogP contribution is 2.01. The molecule has 0 unspecified atom stereocenters. The molecule has 0 aromatic heterocycles. The average Bonchev–Trinajstić information content (AvgIpc) is 1.35. The summed E-state index contributed by atoms with van der Waals surface area (Å²) < 4.78 is 1.18. The van der Waals surface area contributed by atoms with Crippen molar-refractivity contribution in [3.63, 3.8) is 0 Å². The molecular weight excluding hydrogens is 208 g/mol. The van der Waals surface area contributed by atoms with Crippen LogP contribution in [0.4, 0.5) is 0 Å². The van der Waals surface area contributed by atoms with E-state index < -0.39 is 0 Å². The third-order valence-electron chi connectivity index (χ3n) is 0.358. The predicted octanol–water partition coefficient (Wildman–Crippen LogP) is 2.68. The Morgan fingerprint density at radius 3 is 2.33 bits per heavy atom. The van der Waals surface area contributed by atoms with Crippen molar-refractivity contribution in [1.82, 2.24) is 0 Å². The van der Waals surface area contributed by atoms with Crippen molar-refractivity contribution in [3.05, 3.63) is 10.6 Å². The van der Waals surface area contributed by atoms with Gasteiger partial charge in [-0.25, -0.2) is 0 Å². The first-order valence-electron chi connectivity index (χ1n) is 1.65. The molecule has 6 heavy (non-hydrogen) atoms. The molecule has 0 aromatic rings. The average molecular weight is 214 g/mol. The first-order valence-corrected chi connectivity index (χ1v) is 3.57. The molecule has 0 rings (SSSR count). The molecule has 0 heterocycles. The van der Waals surface area contributed by atoms with Gasteiger partial charge in [-0.15, -0.1) is 0 Å². The zero-order valence-electron chi connectivity index (χ0n) is 3.54. The van der Waals surface area contributed by atoms with Crippen LogP contribution in [-0.4, -0.2) is 5.33 Å². The van der Waals surface area contributed by atoms with E-state index in [1.807, 2.05) is 13.0 Å². The van der Waals surface area contributed by atoms with Gasteiger partial charge in [0.25, 0.3) is 0 Å². The third kappa shape index (κ3) is 4.70. The standard InChI is InChI=1S/C4H6Br2/c1-4(6)2-3-5/h2H,3H2,1H3/b4-2-. The maximum atomic E-state index is 3.27. The normalized spacial score (nSPS) is 12.2. The van der Waals surface area contributed by atoms with E-state index in [4.69, 9.17) is 0 Å². The van der Waals surface area contributed by atoms with Gasteiger partial charge in [-0.1, -0.05) is 37.9 Å². The van der Waals surface area contributed by atoms with Crippen molar-refractivity contribution in [2.24, 2.45) is 0 Å². The Bertz CT molecular complexity index is 52.6. The van der Waals surface area contributed by atoms with E-state index in [0.717, 1.165) is 5.33 Å². The Labute approximate surface area is 54.9 Å². The van der Waals surface area contributed by atoms with Gasteiger partial charge < -0.3 is 0 Å². The highest BCUT2D eigenvalue weighted by Gasteiger charge is 1.71. The summed E-state index contributed by atoms with van der Waals surface area (Å²) in [4.78, 5) is 0. The van der Waals surface area contributed by atoms with Crippen LogP contribution in [0.2, 0.25) is 0 Å². The molecule has 36 valence electrons. The van der Waals surface area contributed by atoms with Crippen LogP contribution in [0.3, 0.4) is 0 Å². The zero-order valence-corrected chi connectivity index (χ0v) is 6.71. The Kier molecular flexibility index (Phi) is 4.33. The molecule has 0 amide bonds. The van der Waals surface area contributed by atoms with Crippen LogP contribution in [-0.2, 0) is 0 Å². The molecule has 0 fully saturated rings. The fourth-order valence-corrected chi connectivity index (χ4v) is 1.19. The van der Waals surface area contributed by atoms with E-state index in [2.05, 4.69) is 31.9 Å². The van der Waals surface area contributed by atoms with E-state index in [1.54, 1.807) is 0 Å². The molecule has 0 nitrogen and oxygen atoms in total. The van der Waals surface area contributed by atoms with E-state index in [-0.39, 0.29) is 0 Å². The lowest BCUT2D eigenvalue weighted by Gasteiger charge is -1.76. The van der Waals surface area contributed by atoms with Gasteiger partial charge in [0.2, 0.25) is 0 Å². The van der Waals surface area contributed by atoms with Gasteiger partial charge in [0.15, 0.2) is 0 Å². The molecule has 0 N–H and O–H groups in total. The topological polar surface area (TPSA) is 0 Å². The van der Waals surface area contributed by atoms with Crippen molar-refractivity contribution in [1.29, 1.82) is 0 Å². The molecule has 0 aliphatic heterocycles. The molecule has 0 radical (unpaired) electrons. The number of hydrogen-bond acceptors (Lipinski definition) is 0. The van der Waals surface area contributed by atoms with Crippen LogP contribution in [0.25, 0.3) is 0 Å². The summed E-state index contributed by atoms with van der Waals surface area (Å²) >= 11 is 6.51. The van der Waals surface area contributed by atoms with Crippen LogP contribution in [0, 0.1) is 0 Å². The largest absolute Gasteiger partial charge is 0.0883 e. The van der Waals surface area contributed by atoms with Crippen molar-refractivity contribution in [2.75, 3.05) is 5.33 Å². The van der Waals surface area contributed by atoms with Gasteiger partial charge in [-0.3, -0.25) is 0 Å². The molecule has 0 spiro atoms. The fourth-order valence-electron chi connectivity index (χ4n) is 0.106. The number of hydrogen-bond donors (Lipinski definition) is 0. The van der Waals surface area contributed by atoms with Crippen LogP contribution >= 0.6 is 31.9 Å². The molecule has 2 heteroatoms. The summed E-state index contributed by atoms with van der Waals surface area (Å²) in [5.41, 5.74) is 0. The third-order valence-corrected chi connectivity index (χ3v) is 1.01. The Morgan fingerprint density at radius 1 is 1.83 bits per heavy atom. The van der Waals surface area contributed by atoms with Crippen molar-refractivity contribution < 1.29 is 0 Å². The Hall–Kier alpha value is 0.700. The SMILES string of the molecule is C/C(Br)=C/CBr. The second-order valence-corrected chi connectivity index (χ2v) is 2.84. The summed E-state index contributed by atoms with van der Waals surface area (Å²) in [5, 5.41) is 0.935. The van der Waals surface area contributed by atoms with E-state index in [0.29, 0.717) is 0 Å². The van der Waals surface area contributed by atoms with Crippen molar-refractivity contribution in [2.45, 2.75) is 6.92 Å². The minimum Gasteiger partial charge on any atom is -0.0883 e. The predicted molar refractivity (Wildman–Crippen MR) is 36.5 cm³/mol. The Balaban J connectivity index is 3.14. The van der Waals surface area contributed by atoms with Gasteiger partial charge in [-0.05, 0) is 11.4 Å². The summed E-state index contributed by atoms with van der Waals surface area (Å²) in [6, 6.07) is 0. The minimum atomic E-state index is 0.935. The van der Waals surface area contributed by atoms with E-state index in [9.17, 15) is 0 Å². The van der Waals surface area contributed by atoms with Crippen molar-refractivity contribution in [3.8, 4) is 0 Å².